The molecule has 1 aromatic rings. The summed E-state index contributed by atoms with van der Waals surface area (Å²) < 4.78 is 0. The number of nitrogens with one attached hydrogen (secondary N) is 4. The Morgan fingerprint density at radius 1 is 0.956 bits per heavy atom. The molecule has 45 heavy (non-hydrogen) atoms. The quantitative estimate of drug-likeness (QED) is 0.103. The number of aromatic hydroxyl groups is 1. The van der Waals surface area contributed by atoms with E-state index in [4.69, 9.17) is 11.5 Å². The van der Waals surface area contributed by atoms with Gasteiger partial charge in [0.05, 0.1) is 25.7 Å². The number of primary amides is 1. The lowest BCUT2D eigenvalue weighted by Gasteiger charge is -2.33. The second-order valence-electron chi connectivity index (χ2n) is 11.0. The maximum atomic E-state index is 13.7. The minimum absolute atomic E-state index is 0.0314. The first kappa shape index (κ1) is 34.7. The van der Waals surface area contributed by atoms with Gasteiger partial charge in [-0.1, -0.05) is 12.1 Å². The number of carbonyl (C=O) groups is 7. The molecule has 2 saturated heterocycles. The van der Waals surface area contributed by atoms with Crippen LogP contribution in [0.25, 0.3) is 0 Å². The lowest BCUT2D eigenvalue weighted by molar-refractivity contribution is -0.148. The summed E-state index contributed by atoms with van der Waals surface area (Å²) in [7, 11) is 0. The molecule has 10 N–H and O–H groups in total. The predicted octanol–water partition coefficient (Wildman–Crippen LogP) is -4.45. The molecule has 7 amide bonds. The van der Waals surface area contributed by atoms with E-state index < -0.39 is 84.7 Å². The molecule has 2 aliphatic heterocycles. The van der Waals surface area contributed by atoms with Crippen molar-refractivity contribution in [2.75, 3.05) is 32.7 Å². The number of hydrogen-bond donors (Lipinski definition) is 8. The van der Waals surface area contributed by atoms with E-state index in [1.165, 1.54) is 28.9 Å². The minimum Gasteiger partial charge on any atom is -0.508 e. The van der Waals surface area contributed by atoms with Gasteiger partial charge in [-0.25, -0.2) is 0 Å². The summed E-state index contributed by atoms with van der Waals surface area (Å²) >= 11 is 0. The summed E-state index contributed by atoms with van der Waals surface area (Å²) in [5, 5.41) is 29.5. The van der Waals surface area contributed by atoms with Crippen LogP contribution in [0.5, 0.6) is 5.75 Å². The van der Waals surface area contributed by atoms with Crippen LogP contribution in [-0.2, 0) is 40.0 Å². The zero-order valence-corrected chi connectivity index (χ0v) is 24.9. The van der Waals surface area contributed by atoms with Crippen molar-refractivity contribution < 1.29 is 43.8 Å². The van der Waals surface area contributed by atoms with Crippen molar-refractivity contribution in [2.45, 2.75) is 62.9 Å². The van der Waals surface area contributed by atoms with E-state index in [0.717, 1.165) is 0 Å². The third-order valence-electron chi connectivity index (χ3n) is 7.51. The van der Waals surface area contributed by atoms with Gasteiger partial charge in [-0.3, -0.25) is 33.6 Å². The largest absolute Gasteiger partial charge is 0.508 e. The molecule has 2 heterocycles. The van der Waals surface area contributed by atoms with Crippen LogP contribution in [0.1, 0.15) is 31.7 Å². The van der Waals surface area contributed by atoms with Crippen LogP contribution in [-0.4, -0.2) is 124 Å². The van der Waals surface area contributed by atoms with E-state index in [0.29, 0.717) is 18.4 Å². The Bertz CT molecular complexity index is 1290. The molecule has 17 nitrogen and oxygen atoms in total. The molecule has 0 aromatic heterocycles. The van der Waals surface area contributed by atoms with Crippen LogP contribution >= 0.6 is 0 Å². The second kappa shape index (κ2) is 15.8. The molecule has 0 saturated carbocycles. The van der Waals surface area contributed by atoms with E-state index >= 15 is 0 Å². The molecule has 17 heteroatoms. The van der Waals surface area contributed by atoms with E-state index in [-0.39, 0.29) is 38.2 Å². The van der Waals surface area contributed by atoms with Gasteiger partial charge >= 0.3 is 0 Å². The number of phenols is 1. The van der Waals surface area contributed by atoms with Crippen molar-refractivity contribution in [2.24, 2.45) is 11.5 Å². The number of rotatable bonds is 13. The van der Waals surface area contributed by atoms with Gasteiger partial charge in [-0.15, -0.1) is 0 Å². The van der Waals surface area contributed by atoms with Crippen LogP contribution < -0.4 is 32.7 Å². The van der Waals surface area contributed by atoms with Crippen LogP contribution in [0, 0.1) is 0 Å². The number of likely N-dealkylation sites (tertiary alicyclic amines) is 2. The van der Waals surface area contributed by atoms with E-state index in [2.05, 4.69) is 21.3 Å². The molecule has 0 aliphatic carbocycles. The van der Waals surface area contributed by atoms with Crippen LogP contribution in [0.3, 0.4) is 0 Å². The molecule has 5 atom stereocenters. The van der Waals surface area contributed by atoms with E-state index in [9.17, 15) is 43.8 Å². The van der Waals surface area contributed by atoms with Gasteiger partial charge in [0.25, 0.3) is 0 Å². The number of aliphatic hydroxyl groups is 1. The molecular weight excluding hydrogens is 592 g/mol. The molecule has 2 aliphatic rings. The zero-order chi connectivity index (χ0) is 33.3. The zero-order valence-electron chi connectivity index (χ0n) is 24.9. The normalized spacial score (nSPS) is 20.6. The summed E-state index contributed by atoms with van der Waals surface area (Å²) in [6.07, 6.45) is -0.271. The lowest BCUT2D eigenvalue weighted by Crippen LogP contribution is -2.57. The summed E-state index contributed by atoms with van der Waals surface area (Å²) in [6, 6.07) is 1.93. The number of aliphatic hydroxyl groups excluding tert-OH is 1. The van der Waals surface area contributed by atoms with Gasteiger partial charge in [-0.05, 0) is 37.5 Å². The highest BCUT2D eigenvalue weighted by Gasteiger charge is 2.45. The van der Waals surface area contributed by atoms with Crippen molar-refractivity contribution in [3.8, 4) is 5.75 Å². The number of β-amino-alcohol motifs (C(OH)–C–C–N with tert-alkyl or cyclic N) is 1. The third-order valence-corrected chi connectivity index (χ3v) is 7.51. The smallest absolute Gasteiger partial charge is 0.246 e. The highest BCUT2D eigenvalue weighted by Crippen LogP contribution is 2.26. The fourth-order valence-corrected chi connectivity index (χ4v) is 5.28. The Morgan fingerprint density at radius 3 is 2.29 bits per heavy atom. The van der Waals surface area contributed by atoms with Gasteiger partial charge in [0.2, 0.25) is 41.4 Å². The third kappa shape index (κ3) is 9.61. The summed E-state index contributed by atoms with van der Waals surface area (Å²) in [5.41, 5.74) is 11.1. The fourth-order valence-electron chi connectivity index (χ4n) is 5.28. The average molecular weight is 633 g/mol. The molecule has 2 fully saturated rings. The second-order valence-corrected chi connectivity index (χ2v) is 11.0. The number of nitrogens with zero attached hydrogens (tertiary/aromatic N) is 2. The van der Waals surface area contributed by atoms with Gasteiger partial charge in [-0.2, -0.15) is 0 Å². The lowest BCUT2D eigenvalue weighted by atomic mass is 10.0. The molecule has 246 valence electrons. The summed E-state index contributed by atoms with van der Waals surface area (Å²) in [6.45, 7) is 0.126. The molecule has 1 aromatic carbocycles. The molecule has 0 spiro atoms. The molecular formula is C28H40N8O9. The average Bonchev–Trinajstić information content (AvgIpc) is 3.65. The number of phenolic OH excluding ortho intramolecular Hbond substituents is 1. The Balaban J connectivity index is 1.65. The van der Waals surface area contributed by atoms with Crippen molar-refractivity contribution in [3.05, 3.63) is 29.8 Å². The van der Waals surface area contributed by atoms with Crippen LogP contribution in [0.15, 0.2) is 24.3 Å². The van der Waals surface area contributed by atoms with Gasteiger partial charge in [0, 0.05) is 25.9 Å². The topological polar surface area (TPSA) is 267 Å². The Hall–Kier alpha value is -4.77. The standard InChI is InChI=1S/C28H40N8O9/c1-15(25(42)31-12-22(30)39)33-24(41)13-32-26(43)21-10-18(38)14-36(21)28(45)20-3-2-8-35(20)27(44)19(34-23(40)11-29)9-16-4-6-17(37)7-5-16/h4-7,15,18-21,37-38H,2-3,8-14,29H2,1H3,(H2,30,39)(H,31,42)(H,32,43)(H,33,41)(H,34,40)/t15?,18?,19-,20?,21?/m1/s1. The van der Waals surface area contributed by atoms with Crippen molar-refractivity contribution >= 4 is 41.4 Å². The first-order chi connectivity index (χ1) is 21.3. The Morgan fingerprint density at radius 2 is 1.64 bits per heavy atom. The highest BCUT2D eigenvalue weighted by atomic mass is 16.3. The monoisotopic (exact) mass is 632 g/mol. The fraction of sp³-hybridized carbons (Fsp3) is 0.536. The molecule has 0 bridgehead atoms. The molecule has 0 radical (unpaired) electrons. The number of benzene rings is 1. The van der Waals surface area contributed by atoms with E-state index in [1.54, 1.807) is 12.1 Å². The van der Waals surface area contributed by atoms with Crippen molar-refractivity contribution in [3.63, 3.8) is 0 Å². The minimum atomic E-state index is -1.13. The predicted molar refractivity (Wildman–Crippen MR) is 156 cm³/mol. The Kier molecular flexibility index (Phi) is 12.2. The van der Waals surface area contributed by atoms with E-state index in [1.807, 2.05) is 0 Å². The van der Waals surface area contributed by atoms with Crippen molar-refractivity contribution in [1.82, 2.24) is 31.1 Å². The number of amides is 7. The van der Waals surface area contributed by atoms with Crippen LogP contribution in [0.4, 0.5) is 0 Å². The first-order valence-corrected chi connectivity index (χ1v) is 14.5. The summed E-state index contributed by atoms with van der Waals surface area (Å²) in [4.78, 5) is 90.2. The van der Waals surface area contributed by atoms with Crippen LogP contribution in [0.2, 0.25) is 0 Å². The number of hydrogen-bond acceptors (Lipinski definition) is 10. The van der Waals surface area contributed by atoms with Gasteiger partial charge < -0.3 is 52.7 Å². The highest BCUT2D eigenvalue weighted by molar-refractivity contribution is 5.96. The number of nitrogens with two attached hydrogens (primary N) is 2. The maximum absolute atomic E-state index is 13.7. The maximum Gasteiger partial charge on any atom is 0.246 e. The SMILES string of the molecule is CC(NC(=O)CNC(=O)C1CC(O)CN1C(=O)C1CCCN1C(=O)[C@@H](Cc1ccc(O)cc1)NC(=O)CN)C(=O)NCC(N)=O. The van der Waals surface area contributed by atoms with Gasteiger partial charge in [0.15, 0.2) is 0 Å². The van der Waals surface area contributed by atoms with Crippen molar-refractivity contribution in [1.29, 1.82) is 0 Å². The molecule has 4 unspecified atom stereocenters. The van der Waals surface area contributed by atoms with Gasteiger partial charge in [0.1, 0.15) is 29.9 Å². The summed E-state index contributed by atoms with van der Waals surface area (Å²) in [5.74, 6) is -4.47. The number of carbonyl (C=O) groups excluding carboxylic acids is 7. The Labute approximate surface area is 259 Å². The molecule has 3 rings (SSSR count). The first-order valence-electron chi connectivity index (χ1n) is 14.5.